The van der Waals surface area contributed by atoms with Crippen LogP contribution in [0.2, 0.25) is 5.02 Å². The summed E-state index contributed by atoms with van der Waals surface area (Å²) in [5, 5.41) is 5.12. The molecule has 2 N–H and O–H groups in total. The average Bonchev–Trinajstić information content (AvgIpc) is 2.97. The molecule has 1 saturated heterocycles. The molecule has 2 rings (SSSR count). The standard InChI is InChI=1S/C14H15ClN4O5/c1-8(13(22)19-5-4-17-14(19)23)24-11(20)7-18-12(21)10-6-9(15)2-3-16-10/h2-3,6,8H,4-5,7H2,1H3,(H,17,23)(H,18,21)/t8-/m0/s1. The van der Waals surface area contributed by atoms with E-state index in [9.17, 15) is 19.2 Å². The predicted octanol–water partition coefficient (Wildman–Crippen LogP) is -0.0517. The second-order valence-electron chi connectivity index (χ2n) is 4.90. The van der Waals surface area contributed by atoms with Crippen molar-refractivity contribution < 1.29 is 23.9 Å². The van der Waals surface area contributed by atoms with Crippen molar-refractivity contribution in [3.8, 4) is 0 Å². The molecule has 1 aromatic rings. The number of nitrogens with one attached hydrogen (secondary N) is 2. The van der Waals surface area contributed by atoms with E-state index in [1.165, 1.54) is 25.3 Å². The number of aromatic nitrogens is 1. The van der Waals surface area contributed by atoms with Crippen LogP contribution in [0.3, 0.4) is 0 Å². The number of hydrogen-bond acceptors (Lipinski definition) is 6. The molecule has 0 aromatic carbocycles. The molecule has 1 aromatic heterocycles. The van der Waals surface area contributed by atoms with Crippen LogP contribution < -0.4 is 10.6 Å². The zero-order valence-corrected chi connectivity index (χ0v) is 13.5. The fourth-order valence-corrected chi connectivity index (χ4v) is 2.12. The summed E-state index contributed by atoms with van der Waals surface area (Å²) in [5.41, 5.74) is 0.0492. The van der Waals surface area contributed by atoms with Gasteiger partial charge in [0.2, 0.25) is 0 Å². The summed E-state index contributed by atoms with van der Waals surface area (Å²) >= 11 is 5.74. The minimum Gasteiger partial charge on any atom is -0.451 e. The van der Waals surface area contributed by atoms with Gasteiger partial charge in [0.05, 0.1) is 0 Å². The van der Waals surface area contributed by atoms with Gasteiger partial charge in [0.15, 0.2) is 6.10 Å². The van der Waals surface area contributed by atoms with Gasteiger partial charge in [-0.1, -0.05) is 11.6 Å². The highest BCUT2D eigenvalue weighted by atomic mass is 35.5. The second-order valence-corrected chi connectivity index (χ2v) is 5.33. The molecule has 0 saturated carbocycles. The highest BCUT2D eigenvalue weighted by molar-refractivity contribution is 6.30. The van der Waals surface area contributed by atoms with Crippen molar-refractivity contribution in [1.29, 1.82) is 0 Å². The van der Waals surface area contributed by atoms with E-state index in [1.54, 1.807) is 0 Å². The van der Waals surface area contributed by atoms with E-state index in [0.29, 0.717) is 11.6 Å². The lowest BCUT2D eigenvalue weighted by atomic mass is 10.3. The van der Waals surface area contributed by atoms with E-state index < -0.39 is 36.5 Å². The fraction of sp³-hybridized carbons (Fsp3) is 0.357. The van der Waals surface area contributed by atoms with Crippen LogP contribution in [0.4, 0.5) is 4.79 Å². The van der Waals surface area contributed by atoms with Crippen molar-refractivity contribution in [2.75, 3.05) is 19.6 Å². The van der Waals surface area contributed by atoms with Crippen molar-refractivity contribution in [1.82, 2.24) is 20.5 Å². The quantitative estimate of drug-likeness (QED) is 0.716. The third kappa shape index (κ3) is 4.42. The topological polar surface area (TPSA) is 118 Å². The normalized spacial score (nSPS) is 14.8. The third-order valence-electron chi connectivity index (χ3n) is 3.13. The average molecular weight is 355 g/mol. The Morgan fingerprint density at radius 1 is 1.50 bits per heavy atom. The summed E-state index contributed by atoms with van der Waals surface area (Å²) in [6.07, 6.45) is 0.222. The molecule has 24 heavy (non-hydrogen) atoms. The number of ether oxygens (including phenoxy) is 1. The van der Waals surface area contributed by atoms with Crippen LogP contribution in [0.1, 0.15) is 17.4 Å². The number of pyridine rings is 1. The summed E-state index contributed by atoms with van der Waals surface area (Å²) in [4.78, 5) is 51.6. The number of amides is 4. The van der Waals surface area contributed by atoms with E-state index in [0.717, 1.165) is 4.90 Å². The number of esters is 1. The molecule has 1 fully saturated rings. The molecule has 0 radical (unpaired) electrons. The van der Waals surface area contributed by atoms with Crippen molar-refractivity contribution >= 4 is 35.4 Å². The van der Waals surface area contributed by atoms with E-state index in [1.807, 2.05) is 0 Å². The molecule has 4 amide bonds. The molecule has 0 bridgehead atoms. The van der Waals surface area contributed by atoms with Gasteiger partial charge in [-0.2, -0.15) is 0 Å². The van der Waals surface area contributed by atoms with Crippen molar-refractivity contribution in [2.24, 2.45) is 0 Å². The van der Waals surface area contributed by atoms with Gasteiger partial charge < -0.3 is 15.4 Å². The molecule has 0 aliphatic carbocycles. The van der Waals surface area contributed by atoms with Crippen molar-refractivity contribution in [3.05, 3.63) is 29.0 Å². The molecule has 1 aliphatic heterocycles. The van der Waals surface area contributed by atoms with Gasteiger partial charge in [0.1, 0.15) is 12.2 Å². The first kappa shape index (κ1) is 17.7. The van der Waals surface area contributed by atoms with Gasteiger partial charge in [0.25, 0.3) is 11.8 Å². The third-order valence-corrected chi connectivity index (χ3v) is 3.36. The van der Waals surface area contributed by atoms with Gasteiger partial charge in [0, 0.05) is 24.3 Å². The van der Waals surface area contributed by atoms with Gasteiger partial charge >= 0.3 is 12.0 Å². The van der Waals surface area contributed by atoms with E-state index in [4.69, 9.17) is 16.3 Å². The molecule has 1 aliphatic rings. The maximum absolute atomic E-state index is 12.0. The molecular formula is C14H15ClN4O5. The zero-order valence-electron chi connectivity index (χ0n) is 12.7. The lowest BCUT2D eigenvalue weighted by molar-refractivity contribution is -0.156. The summed E-state index contributed by atoms with van der Waals surface area (Å²) in [5.74, 6) is -2.04. The van der Waals surface area contributed by atoms with E-state index in [-0.39, 0.29) is 12.2 Å². The second kappa shape index (κ2) is 7.73. The zero-order chi connectivity index (χ0) is 17.7. The lowest BCUT2D eigenvalue weighted by Crippen LogP contribution is -2.43. The SMILES string of the molecule is C[C@H](OC(=O)CNC(=O)c1cc(Cl)ccn1)C(=O)N1CCNC1=O. The Labute approximate surface area is 142 Å². The van der Waals surface area contributed by atoms with Crippen molar-refractivity contribution in [2.45, 2.75) is 13.0 Å². The Balaban J connectivity index is 1.81. The number of carbonyl (C=O) groups is 4. The first-order chi connectivity index (χ1) is 11.4. The maximum Gasteiger partial charge on any atom is 0.326 e. The Morgan fingerprint density at radius 3 is 2.88 bits per heavy atom. The first-order valence-corrected chi connectivity index (χ1v) is 7.44. The van der Waals surface area contributed by atoms with Crippen LogP contribution in [0.5, 0.6) is 0 Å². The first-order valence-electron chi connectivity index (χ1n) is 7.07. The van der Waals surface area contributed by atoms with E-state index >= 15 is 0 Å². The van der Waals surface area contributed by atoms with Crippen molar-refractivity contribution in [3.63, 3.8) is 0 Å². The summed E-state index contributed by atoms with van der Waals surface area (Å²) < 4.78 is 4.91. The fourth-order valence-electron chi connectivity index (χ4n) is 1.96. The highest BCUT2D eigenvalue weighted by Gasteiger charge is 2.31. The number of nitrogens with zero attached hydrogens (tertiary/aromatic N) is 2. The smallest absolute Gasteiger partial charge is 0.326 e. The minimum absolute atomic E-state index is 0.0492. The number of urea groups is 1. The number of carbonyl (C=O) groups excluding carboxylic acids is 4. The van der Waals surface area contributed by atoms with Gasteiger partial charge in [-0.05, 0) is 19.1 Å². The molecule has 128 valence electrons. The number of rotatable bonds is 5. The Morgan fingerprint density at radius 2 is 2.25 bits per heavy atom. The molecule has 9 nitrogen and oxygen atoms in total. The van der Waals surface area contributed by atoms with Gasteiger partial charge in [-0.15, -0.1) is 0 Å². The van der Waals surface area contributed by atoms with E-state index in [2.05, 4.69) is 15.6 Å². The number of hydrogen-bond donors (Lipinski definition) is 2. The summed E-state index contributed by atoms with van der Waals surface area (Å²) in [7, 11) is 0. The summed E-state index contributed by atoms with van der Waals surface area (Å²) in [6.45, 7) is 1.48. The largest absolute Gasteiger partial charge is 0.451 e. The molecular weight excluding hydrogens is 340 g/mol. The van der Waals surface area contributed by atoms with Gasteiger partial charge in [-0.25, -0.2) is 4.79 Å². The minimum atomic E-state index is -1.14. The monoisotopic (exact) mass is 354 g/mol. The van der Waals surface area contributed by atoms with Crippen LogP contribution in [0.15, 0.2) is 18.3 Å². The molecule has 10 heteroatoms. The molecule has 1 atom stereocenters. The number of halogens is 1. The number of imide groups is 1. The summed E-state index contributed by atoms with van der Waals surface area (Å²) in [6, 6.07) is 2.33. The van der Waals surface area contributed by atoms with Crippen LogP contribution in [0.25, 0.3) is 0 Å². The molecule has 0 unspecified atom stereocenters. The van der Waals surface area contributed by atoms with Crippen LogP contribution in [0, 0.1) is 0 Å². The molecule has 0 spiro atoms. The Kier molecular flexibility index (Phi) is 5.69. The van der Waals surface area contributed by atoms with Gasteiger partial charge in [-0.3, -0.25) is 24.3 Å². The highest BCUT2D eigenvalue weighted by Crippen LogP contribution is 2.08. The Bertz CT molecular complexity index is 681. The lowest BCUT2D eigenvalue weighted by Gasteiger charge is -2.18. The Hall–Kier alpha value is -2.68. The van der Waals surface area contributed by atoms with Crippen LogP contribution in [-0.2, 0) is 14.3 Å². The predicted molar refractivity (Wildman–Crippen MR) is 82.2 cm³/mol. The maximum atomic E-state index is 12.0. The van der Waals surface area contributed by atoms with Crippen LogP contribution >= 0.6 is 11.6 Å². The van der Waals surface area contributed by atoms with Crippen LogP contribution in [-0.4, -0.2) is 59.4 Å². The molecule has 2 heterocycles.